The van der Waals surface area contributed by atoms with E-state index < -0.39 is 5.54 Å². The maximum Gasteiger partial charge on any atom is 0.326 e. The molecule has 1 rings (SSSR count). The fourth-order valence-electron chi connectivity index (χ4n) is 1.77. The van der Waals surface area contributed by atoms with Gasteiger partial charge in [-0.2, -0.15) is 0 Å². The number of carbonyl (C=O) groups excluding carboxylic acids is 1. The van der Waals surface area contributed by atoms with E-state index in [-0.39, 0.29) is 5.97 Å². The van der Waals surface area contributed by atoms with Crippen molar-refractivity contribution in [3.05, 3.63) is 0 Å². The molecule has 0 heterocycles. The van der Waals surface area contributed by atoms with Gasteiger partial charge in [0.05, 0.1) is 6.61 Å². The maximum atomic E-state index is 11.7. The minimum Gasteiger partial charge on any atom is -0.464 e. The number of carbonyl (C=O) groups is 1. The third kappa shape index (κ3) is 2.98. The highest BCUT2D eigenvalue weighted by Gasteiger charge is 2.36. The fraction of sp³-hybridized carbons (Fsp3) is 0.909. The van der Waals surface area contributed by atoms with Crippen LogP contribution in [0.3, 0.4) is 0 Å². The molecule has 1 aliphatic carbocycles. The van der Waals surface area contributed by atoms with Crippen molar-refractivity contribution in [1.82, 2.24) is 0 Å². The summed E-state index contributed by atoms with van der Waals surface area (Å²) < 4.78 is 5.18. The van der Waals surface area contributed by atoms with Crippen molar-refractivity contribution in [2.45, 2.75) is 51.5 Å². The third-order valence-electron chi connectivity index (χ3n) is 2.70. The Labute approximate surface area is 86.0 Å². The quantitative estimate of drug-likeness (QED) is 0.706. The summed E-state index contributed by atoms with van der Waals surface area (Å²) in [5, 5.41) is 0. The molecule has 3 nitrogen and oxygen atoms in total. The topological polar surface area (TPSA) is 52.3 Å². The van der Waals surface area contributed by atoms with Crippen LogP contribution >= 0.6 is 0 Å². The maximum absolute atomic E-state index is 11.7. The van der Waals surface area contributed by atoms with Gasteiger partial charge in [0.1, 0.15) is 5.54 Å². The smallest absolute Gasteiger partial charge is 0.326 e. The predicted molar refractivity (Wildman–Crippen MR) is 55.8 cm³/mol. The van der Waals surface area contributed by atoms with Gasteiger partial charge in [-0.25, -0.2) is 0 Å². The largest absolute Gasteiger partial charge is 0.464 e. The van der Waals surface area contributed by atoms with Gasteiger partial charge < -0.3 is 10.5 Å². The van der Waals surface area contributed by atoms with Crippen molar-refractivity contribution in [3.63, 3.8) is 0 Å². The van der Waals surface area contributed by atoms with Crippen molar-refractivity contribution in [3.8, 4) is 0 Å². The number of ether oxygens (including phenoxy) is 1. The molecule has 1 fully saturated rings. The number of hydrogen-bond acceptors (Lipinski definition) is 3. The van der Waals surface area contributed by atoms with Crippen molar-refractivity contribution < 1.29 is 9.53 Å². The van der Waals surface area contributed by atoms with E-state index in [1.165, 1.54) is 6.42 Å². The molecule has 0 bridgehead atoms. The van der Waals surface area contributed by atoms with E-state index in [0.29, 0.717) is 12.5 Å². The molecule has 3 heteroatoms. The molecule has 0 unspecified atom stereocenters. The average molecular weight is 199 g/mol. The van der Waals surface area contributed by atoms with Gasteiger partial charge in [0.15, 0.2) is 0 Å². The Balaban J connectivity index is 2.41. The predicted octanol–water partition coefficient (Wildman–Crippen LogP) is 1.85. The fourth-order valence-corrected chi connectivity index (χ4v) is 1.77. The van der Waals surface area contributed by atoms with Gasteiger partial charge in [0.25, 0.3) is 0 Å². The highest BCUT2D eigenvalue weighted by Crippen LogP contribution is 2.27. The lowest BCUT2D eigenvalue weighted by Crippen LogP contribution is -2.50. The van der Waals surface area contributed by atoms with Crippen molar-refractivity contribution in [2.24, 2.45) is 11.7 Å². The summed E-state index contributed by atoms with van der Waals surface area (Å²) in [6.45, 7) is 4.53. The molecule has 1 saturated carbocycles. The summed E-state index contributed by atoms with van der Waals surface area (Å²) in [4.78, 5) is 11.7. The molecule has 82 valence electrons. The second-order valence-corrected chi connectivity index (χ2v) is 4.71. The van der Waals surface area contributed by atoms with E-state index >= 15 is 0 Å². The number of rotatable bonds is 3. The Morgan fingerprint density at radius 1 is 1.36 bits per heavy atom. The van der Waals surface area contributed by atoms with Gasteiger partial charge in [0, 0.05) is 0 Å². The minimum absolute atomic E-state index is 0.203. The molecule has 0 aliphatic heterocycles. The van der Waals surface area contributed by atoms with E-state index in [0.717, 1.165) is 25.7 Å². The standard InChI is InChI=1S/C11H21NO2/c1-9(2)8-14-10(13)11(12)6-4-3-5-7-11/h9H,3-8,12H2,1-2H3. The minimum atomic E-state index is -0.687. The van der Waals surface area contributed by atoms with Crippen LogP contribution in [0, 0.1) is 5.92 Å². The summed E-state index contributed by atoms with van der Waals surface area (Å²) in [6.07, 6.45) is 4.85. The van der Waals surface area contributed by atoms with Gasteiger partial charge in [0.2, 0.25) is 0 Å². The van der Waals surface area contributed by atoms with Crippen LogP contribution in [0.5, 0.6) is 0 Å². The van der Waals surface area contributed by atoms with Crippen LogP contribution in [0.2, 0.25) is 0 Å². The molecule has 0 radical (unpaired) electrons. The SMILES string of the molecule is CC(C)COC(=O)C1(N)CCCCC1. The summed E-state index contributed by atoms with van der Waals surface area (Å²) in [5.74, 6) is 0.178. The average Bonchev–Trinajstić information content (AvgIpc) is 2.15. The van der Waals surface area contributed by atoms with Gasteiger partial charge in [-0.15, -0.1) is 0 Å². The van der Waals surface area contributed by atoms with Gasteiger partial charge >= 0.3 is 5.97 Å². The van der Waals surface area contributed by atoms with Crippen LogP contribution in [-0.4, -0.2) is 18.1 Å². The Kier molecular flexibility index (Phi) is 3.93. The number of nitrogens with two attached hydrogens (primary N) is 1. The van der Waals surface area contributed by atoms with E-state index in [1.807, 2.05) is 13.8 Å². The van der Waals surface area contributed by atoms with Crippen molar-refractivity contribution >= 4 is 5.97 Å². The zero-order valence-electron chi connectivity index (χ0n) is 9.21. The molecule has 1 aliphatic rings. The van der Waals surface area contributed by atoms with E-state index in [4.69, 9.17) is 10.5 Å². The Morgan fingerprint density at radius 3 is 2.43 bits per heavy atom. The number of esters is 1. The highest BCUT2D eigenvalue weighted by molar-refractivity contribution is 5.80. The summed E-state index contributed by atoms with van der Waals surface area (Å²) in [6, 6.07) is 0. The molecule has 2 N–H and O–H groups in total. The first-order chi connectivity index (χ1) is 6.54. The lowest BCUT2D eigenvalue weighted by atomic mass is 9.83. The summed E-state index contributed by atoms with van der Waals surface area (Å²) in [7, 11) is 0. The second-order valence-electron chi connectivity index (χ2n) is 4.71. The molecule has 0 atom stereocenters. The van der Waals surface area contributed by atoms with E-state index in [2.05, 4.69) is 0 Å². The molecule has 0 amide bonds. The van der Waals surface area contributed by atoms with Crippen LogP contribution in [0.15, 0.2) is 0 Å². The highest BCUT2D eigenvalue weighted by atomic mass is 16.5. The molecule has 0 aromatic carbocycles. The van der Waals surface area contributed by atoms with Gasteiger partial charge in [-0.3, -0.25) is 4.79 Å². The lowest BCUT2D eigenvalue weighted by Gasteiger charge is -2.31. The lowest BCUT2D eigenvalue weighted by molar-refractivity contribution is -0.152. The summed E-state index contributed by atoms with van der Waals surface area (Å²) in [5.41, 5.74) is 5.33. The molecule has 0 saturated heterocycles. The van der Waals surface area contributed by atoms with E-state index in [1.54, 1.807) is 0 Å². The van der Waals surface area contributed by atoms with Crippen LogP contribution in [-0.2, 0) is 9.53 Å². The van der Waals surface area contributed by atoms with Crippen LogP contribution in [0.4, 0.5) is 0 Å². The molecule has 14 heavy (non-hydrogen) atoms. The van der Waals surface area contributed by atoms with Gasteiger partial charge in [-0.1, -0.05) is 33.1 Å². The van der Waals surface area contributed by atoms with E-state index in [9.17, 15) is 4.79 Å². The first-order valence-electron chi connectivity index (χ1n) is 5.51. The molecular weight excluding hydrogens is 178 g/mol. The molecule has 0 aromatic heterocycles. The second kappa shape index (κ2) is 4.78. The zero-order chi connectivity index (χ0) is 10.6. The van der Waals surface area contributed by atoms with Crippen molar-refractivity contribution in [2.75, 3.05) is 6.61 Å². The first kappa shape index (κ1) is 11.5. The van der Waals surface area contributed by atoms with Gasteiger partial charge in [-0.05, 0) is 18.8 Å². The monoisotopic (exact) mass is 199 g/mol. The molecule has 0 spiro atoms. The first-order valence-corrected chi connectivity index (χ1v) is 5.51. The third-order valence-corrected chi connectivity index (χ3v) is 2.70. The van der Waals surface area contributed by atoms with Crippen LogP contribution in [0.1, 0.15) is 46.0 Å². The van der Waals surface area contributed by atoms with Crippen molar-refractivity contribution in [1.29, 1.82) is 0 Å². The summed E-state index contributed by atoms with van der Waals surface area (Å²) >= 11 is 0. The number of hydrogen-bond donors (Lipinski definition) is 1. The Hall–Kier alpha value is -0.570. The Morgan fingerprint density at radius 2 is 1.93 bits per heavy atom. The van der Waals surface area contributed by atoms with Crippen LogP contribution in [0.25, 0.3) is 0 Å². The molecular formula is C11H21NO2. The zero-order valence-corrected chi connectivity index (χ0v) is 9.21. The molecule has 0 aromatic rings. The van der Waals surface area contributed by atoms with Crippen LogP contribution < -0.4 is 5.73 Å². The normalized spacial score (nSPS) is 20.9. The Bertz CT molecular complexity index is 195.